The molecule has 0 radical (unpaired) electrons. The summed E-state index contributed by atoms with van der Waals surface area (Å²) in [7, 11) is 0. The summed E-state index contributed by atoms with van der Waals surface area (Å²) in [6, 6.07) is 18.8. The van der Waals surface area contributed by atoms with Crippen LogP contribution in [0.3, 0.4) is 0 Å². The van der Waals surface area contributed by atoms with Crippen LogP contribution in [0, 0.1) is 23.7 Å². The molecule has 0 N–H and O–H groups in total. The summed E-state index contributed by atoms with van der Waals surface area (Å²) in [6.07, 6.45) is 16.3. The third-order valence-electron chi connectivity index (χ3n) is 8.57. The minimum atomic E-state index is -2.05. The fourth-order valence-electron chi connectivity index (χ4n) is 7.78. The Bertz CT molecular complexity index is 1030. The van der Waals surface area contributed by atoms with Crippen LogP contribution in [-0.4, -0.2) is 3.21 Å². The molecule has 0 nitrogen and oxygen atoms in total. The Kier molecular flexibility index (Phi) is 6.09. The molecule has 6 aliphatic rings. The first-order valence-electron chi connectivity index (χ1n) is 11.6. The first-order valence-corrected chi connectivity index (χ1v) is 15.5. The predicted octanol–water partition coefficient (Wildman–Crippen LogP) is 0.855. The van der Waals surface area contributed by atoms with Gasteiger partial charge in [-0.15, -0.1) is 0 Å². The summed E-state index contributed by atoms with van der Waals surface area (Å²) in [5.41, 5.74) is 6.39. The molecule has 0 atom stereocenters. The second-order valence-corrected chi connectivity index (χ2v) is 16.6. The molecular formula is C28H28Cl2Zr. The third kappa shape index (κ3) is 3.37. The number of hydrogen-bond donors (Lipinski definition) is 0. The zero-order valence-electron chi connectivity index (χ0n) is 17.7. The van der Waals surface area contributed by atoms with Gasteiger partial charge in [-0.05, 0) is 0 Å². The van der Waals surface area contributed by atoms with Crippen LogP contribution < -0.4 is 24.8 Å². The molecule has 31 heavy (non-hydrogen) atoms. The van der Waals surface area contributed by atoms with Gasteiger partial charge in [0.2, 0.25) is 0 Å². The van der Waals surface area contributed by atoms with E-state index in [1.807, 2.05) is 3.28 Å². The third-order valence-corrected chi connectivity index (χ3v) is 17.7. The van der Waals surface area contributed by atoms with Crippen molar-refractivity contribution in [3.05, 3.63) is 81.2 Å². The van der Waals surface area contributed by atoms with Gasteiger partial charge in [0.25, 0.3) is 0 Å². The van der Waals surface area contributed by atoms with Gasteiger partial charge in [-0.25, -0.2) is 0 Å². The van der Waals surface area contributed by atoms with E-state index in [1.165, 1.54) is 43.2 Å². The first kappa shape index (κ1) is 22.1. The average molecular weight is 527 g/mol. The molecule has 0 aromatic heterocycles. The number of halogens is 2. The molecule has 0 heterocycles. The fourth-order valence-corrected chi connectivity index (χ4v) is 18.0. The molecule has 4 saturated carbocycles. The quantitative estimate of drug-likeness (QED) is 0.545. The number of rotatable bonds is 2. The van der Waals surface area contributed by atoms with E-state index in [-0.39, 0.29) is 24.8 Å². The van der Waals surface area contributed by atoms with Crippen LogP contribution in [0.1, 0.15) is 53.3 Å². The summed E-state index contributed by atoms with van der Waals surface area (Å²) in [6.45, 7) is 0. The van der Waals surface area contributed by atoms with E-state index in [0.29, 0.717) is 3.63 Å². The molecule has 4 bridgehead atoms. The Hall–Kier alpha value is -0.747. The number of benzene rings is 2. The second-order valence-electron chi connectivity index (χ2n) is 10.1. The van der Waals surface area contributed by atoms with Crippen LogP contribution in [0.25, 0.3) is 11.1 Å². The Morgan fingerprint density at radius 3 is 1.74 bits per heavy atom. The molecular weight excluding hydrogens is 498 g/mol. The van der Waals surface area contributed by atoms with Crippen molar-refractivity contribution in [2.75, 3.05) is 0 Å². The van der Waals surface area contributed by atoms with Crippen molar-refractivity contribution in [3.8, 4) is 11.1 Å². The maximum Gasteiger partial charge on any atom is -1.00 e. The van der Waals surface area contributed by atoms with Gasteiger partial charge in [0, 0.05) is 0 Å². The molecule has 0 unspecified atom stereocenters. The van der Waals surface area contributed by atoms with E-state index in [2.05, 4.69) is 70.0 Å². The average Bonchev–Trinajstić information content (AvgIpc) is 3.37. The molecule has 158 valence electrons. The summed E-state index contributed by atoms with van der Waals surface area (Å²) in [4.78, 5) is 0. The van der Waals surface area contributed by atoms with E-state index in [4.69, 9.17) is 0 Å². The van der Waals surface area contributed by atoms with Gasteiger partial charge in [-0.1, -0.05) is 0 Å². The Balaban J connectivity index is 0.00000102. The van der Waals surface area contributed by atoms with Crippen LogP contribution in [0.5, 0.6) is 0 Å². The van der Waals surface area contributed by atoms with Gasteiger partial charge >= 0.3 is 183 Å². The van der Waals surface area contributed by atoms with Gasteiger partial charge in [0.15, 0.2) is 0 Å². The SMILES string of the molecule is C1=CC[C]([Zr+2](=[C]2C3CC4CC(C3)CC2C4)[CH]2c3ccccc3-c3ccccc32)=C1.[Cl-].[Cl-]. The van der Waals surface area contributed by atoms with Gasteiger partial charge in [-0.2, -0.15) is 0 Å². The van der Waals surface area contributed by atoms with Gasteiger partial charge in [-0.3, -0.25) is 0 Å². The van der Waals surface area contributed by atoms with E-state index >= 15 is 0 Å². The van der Waals surface area contributed by atoms with Crippen molar-refractivity contribution in [1.82, 2.24) is 0 Å². The van der Waals surface area contributed by atoms with Crippen molar-refractivity contribution in [1.29, 1.82) is 0 Å². The summed E-state index contributed by atoms with van der Waals surface area (Å²) < 4.78 is 4.75. The zero-order valence-corrected chi connectivity index (χ0v) is 21.7. The zero-order chi connectivity index (χ0) is 18.9. The van der Waals surface area contributed by atoms with Crippen molar-refractivity contribution in [2.24, 2.45) is 23.7 Å². The number of hydrogen-bond acceptors (Lipinski definition) is 0. The normalized spacial score (nSPS) is 28.9. The summed E-state index contributed by atoms with van der Waals surface area (Å²) in [5, 5.41) is 0. The first-order chi connectivity index (χ1) is 14.4. The van der Waals surface area contributed by atoms with Gasteiger partial charge in [0.1, 0.15) is 0 Å². The fraction of sp³-hybridized carbons (Fsp3) is 0.393. The smallest absolute Gasteiger partial charge is 1.00 e. The minimum absolute atomic E-state index is 0. The standard InChI is InChI=1S/C13H9.C10H14.C5H5.2ClH.Zr/c1-3-7-12-10(5-1)9-11-6-2-4-8-13(11)12;1-7-2-9-4-8(1)5-10(3-7)6-9;1-2-4-5-3-1;;;/h1-9H;7-10H,1-5H2;1-3H,4H2;2*1H;/q;;;;;+2/p-2. The molecule has 8 rings (SSSR count). The molecule has 2 aromatic carbocycles. The van der Waals surface area contributed by atoms with E-state index in [0.717, 1.165) is 23.7 Å². The molecule has 0 amide bonds. The maximum absolute atomic E-state index is 2.55. The van der Waals surface area contributed by atoms with Crippen molar-refractivity contribution < 1.29 is 46.1 Å². The largest absolute Gasteiger partial charge is 1.00 e. The van der Waals surface area contributed by atoms with Crippen LogP contribution >= 0.6 is 0 Å². The Labute approximate surface area is 206 Å². The van der Waals surface area contributed by atoms with Gasteiger partial charge < -0.3 is 24.8 Å². The minimum Gasteiger partial charge on any atom is -1.00 e. The molecule has 2 aromatic rings. The Morgan fingerprint density at radius 2 is 1.23 bits per heavy atom. The molecule has 3 heteroatoms. The van der Waals surface area contributed by atoms with Crippen LogP contribution in [0.15, 0.2) is 70.0 Å². The van der Waals surface area contributed by atoms with Crippen LogP contribution in [0.4, 0.5) is 0 Å². The molecule has 4 fully saturated rings. The van der Waals surface area contributed by atoms with E-state index in [1.54, 1.807) is 17.5 Å². The van der Waals surface area contributed by atoms with Crippen molar-refractivity contribution in [3.63, 3.8) is 0 Å². The van der Waals surface area contributed by atoms with Gasteiger partial charge in [0.05, 0.1) is 0 Å². The van der Waals surface area contributed by atoms with Crippen LogP contribution in [-0.2, 0) is 21.3 Å². The summed E-state index contributed by atoms with van der Waals surface area (Å²) >= 11 is -2.05. The number of allylic oxidation sites excluding steroid dienone is 4. The summed E-state index contributed by atoms with van der Waals surface area (Å²) in [5.74, 6) is 4.07. The second kappa shape index (κ2) is 8.55. The van der Waals surface area contributed by atoms with Crippen LogP contribution in [0.2, 0.25) is 0 Å². The molecule has 0 saturated heterocycles. The molecule has 0 spiro atoms. The van der Waals surface area contributed by atoms with E-state index < -0.39 is 21.3 Å². The Morgan fingerprint density at radius 1 is 0.677 bits per heavy atom. The molecule has 0 aliphatic heterocycles. The molecule has 6 aliphatic carbocycles. The number of fused-ring (bicyclic) bond motifs is 3. The van der Waals surface area contributed by atoms with Crippen molar-refractivity contribution in [2.45, 2.75) is 42.2 Å². The van der Waals surface area contributed by atoms with E-state index in [9.17, 15) is 0 Å². The topological polar surface area (TPSA) is 0 Å². The maximum atomic E-state index is 2.55. The van der Waals surface area contributed by atoms with Crippen molar-refractivity contribution >= 4 is 3.21 Å². The predicted molar refractivity (Wildman–Crippen MR) is 118 cm³/mol. The monoisotopic (exact) mass is 524 g/mol.